The summed E-state index contributed by atoms with van der Waals surface area (Å²) in [6.45, 7) is 0. The van der Waals surface area contributed by atoms with Crippen molar-refractivity contribution in [3.8, 4) is 0 Å². The lowest BCUT2D eigenvalue weighted by Gasteiger charge is -2.05. The molecule has 1 aromatic heterocycles. The third-order valence-electron chi connectivity index (χ3n) is 2.44. The second-order valence-corrected chi connectivity index (χ2v) is 5.31. The lowest BCUT2D eigenvalue weighted by molar-refractivity contribution is 0.766. The van der Waals surface area contributed by atoms with Crippen LogP contribution in [0.25, 0.3) is 0 Å². The van der Waals surface area contributed by atoms with Gasteiger partial charge >= 0.3 is 0 Å². The molecule has 0 amide bonds. The van der Waals surface area contributed by atoms with E-state index in [4.69, 9.17) is 22.7 Å². The van der Waals surface area contributed by atoms with Gasteiger partial charge in [0.05, 0.1) is 6.20 Å². The first-order valence-electron chi connectivity index (χ1n) is 5.30. The molecule has 0 saturated carbocycles. The number of thioether (sulfide) groups is 1. The number of nitrogens with one attached hydrogen (secondary N) is 1. The molecule has 1 aromatic carbocycles. The summed E-state index contributed by atoms with van der Waals surface area (Å²) in [7, 11) is 1.89. The Hall–Kier alpha value is -1.46. The van der Waals surface area contributed by atoms with Gasteiger partial charge in [0.25, 0.3) is 0 Å². The van der Waals surface area contributed by atoms with Gasteiger partial charge in [0, 0.05) is 34.5 Å². The number of amidine groups is 1. The Morgan fingerprint density at radius 3 is 2.89 bits per heavy atom. The van der Waals surface area contributed by atoms with Crippen LogP contribution in [0, 0.1) is 5.41 Å². The predicted octanol–water partition coefficient (Wildman–Crippen LogP) is 2.65. The van der Waals surface area contributed by atoms with Gasteiger partial charge in [0.15, 0.2) is 0 Å². The van der Waals surface area contributed by atoms with Crippen molar-refractivity contribution in [3.05, 3.63) is 46.7 Å². The van der Waals surface area contributed by atoms with Crippen molar-refractivity contribution in [2.75, 3.05) is 0 Å². The highest BCUT2D eigenvalue weighted by Gasteiger charge is 2.05. The van der Waals surface area contributed by atoms with Crippen molar-refractivity contribution < 1.29 is 0 Å². The van der Waals surface area contributed by atoms with Crippen LogP contribution >= 0.6 is 23.4 Å². The normalized spacial score (nSPS) is 10.6. The Labute approximate surface area is 115 Å². The average molecular weight is 281 g/mol. The van der Waals surface area contributed by atoms with Crippen LogP contribution in [0.15, 0.2) is 35.5 Å². The van der Waals surface area contributed by atoms with E-state index in [0.29, 0.717) is 10.6 Å². The number of nitrogens with two attached hydrogens (primary N) is 1. The maximum absolute atomic E-state index is 7.34. The van der Waals surface area contributed by atoms with Crippen molar-refractivity contribution in [3.63, 3.8) is 0 Å². The lowest BCUT2D eigenvalue weighted by Crippen LogP contribution is -2.10. The average Bonchev–Trinajstić information content (AvgIpc) is 2.73. The van der Waals surface area contributed by atoms with Gasteiger partial charge in [-0.15, -0.1) is 11.8 Å². The van der Waals surface area contributed by atoms with Crippen molar-refractivity contribution in [1.29, 1.82) is 5.41 Å². The van der Waals surface area contributed by atoms with E-state index in [-0.39, 0.29) is 5.84 Å². The molecule has 6 heteroatoms. The summed E-state index contributed by atoms with van der Waals surface area (Å²) in [4.78, 5) is 1.10. The van der Waals surface area contributed by atoms with Crippen LogP contribution in [-0.4, -0.2) is 15.6 Å². The smallest absolute Gasteiger partial charge is 0.122 e. The molecule has 2 rings (SSSR count). The zero-order chi connectivity index (χ0) is 13.1. The third kappa shape index (κ3) is 3.05. The van der Waals surface area contributed by atoms with Crippen LogP contribution in [-0.2, 0) is 12.8 Å². The number of hydrogen-bond donors (Lipinski definition) is 2. The number of nitrogen functional groups attached to an aromatic ring is 1. The second kappa shape index (κ2) is 5.46. The van der Waals surface area contributed by atoms with Gasteiger partial charge in [0.1, 0.15) is 5.84 Å². The van der Waals surface area contributed by atoms with Crippen molar-refractivity contribution >= 4 is 29.2 Å². The molecule has 0 aliphatic carbocycles. The minimum absolute atomic E-state index is 0.0309. The summed E-state index contributed by atoms with van der Waals surface area (Å²) in [5.41, 5.74) is 7.08. The molecule has 1 heterocycles. The SMILES string of the molecule is Cn1cc(SCc2ccc(C(=N)N)cc2Cl)cn1. The van der Waals surface area contributed by atoms with E-state index in [1.807, 2.05) is 31.6 Å². The molecule has 0 saturated heterocycles. The molecule has 0 spiro atoms. The fraction of sp³-hybridized carbons (Fsp3) is 0.167. The number of aromatic nitrogens is 2. The maximum atomic E-state index is 7.34. The van der Waals surface area contributed by atoms with Crippen LogP contribution in [0.4, 0.5) is 0 Å². The van der Waals surface area contributed by atoms with E-state index in [9.17, 15) is 0 Å². The number of halogens is 1. The number of rotatable bonds is 4. The first kappa shape index (κ1) is 13.0. The zero-order valence-electron chi connectivity index (χ0n) is 9.85. The molecule has 0 aliphatic heterocycles. The summed E-state index contributed by atoms with van der Waals surface area (Å²) in [6, 6.07) is 5.44. The van der Waals surface area contributed by atoms with Gasteiger partial charge in [-0.1, -0.05) is 23.7 Å². The van der Waals surface area contributed by atoms with Gasteiger partial charge in [-0.05, 0) is 11.6 Å². The molecular formula is C12H13ClN4S. The van der Waals surface area contributed by atoms with Crippen LogP contribution < -0.4 is 5.73 Å². The van der Waals surface area contributed by atoms with Crippen LogP contribution in [0.3, 0.4) is 0 Å². The van der Waals surface area contributed by atoms with Gasteiger partial charge < -0.3 is 5.73 Å². The first-order valence-corrected chi connectivity index (χ1v) is 6.67. The molecule has 0 bridgehead atoms. The lowest BCUT2D eigenvalue weighted by atomic mass is 10.1. The first-order chi connectivity index (χ1) is 8.56. The van der Waals surface area contributed by atoms with E-state index in [1.165, 1.54) is 0 Å². The molecule has 94 valence electrons. The van der Waals surface area contributed by atoms with E-state index in [2.05, 4.69) is 5.10 Å². The van der Waals surface area contributed by atoms with Crippen LogP contribution in [0.2, 0.25) is 5.02 Å². The third-order valence-corrected chi connectivity index (χ3v) is 3.79. The molecule has 0 fully saturated rings. The minimum atomic E-state index is 0.0309. The summed E-state index contributed by atoms with van der Waals surface area (Å²) >= 11 is 7.83. The summed E-state index contributed by atoms with van der Waals surface area (Å²) in [5, 5.41) is 12.1. The van der Waals surface area contributed by atoms with E-state index in [0.717, 1.165) is 16.2 Å². The molecule has 2 aromatic rings. The monoisotopic (exact) mass is 280 g/mol. The van der Waals surface area contributed by atoms with Gasteiger partial charge in [-0.25, -0.2) is 0 Å². The number of nitrogens with zero attached hydrogens (tertiary/aromatic N) is 2. The number of aryl methyl sites for hydroxylation is 1. The number of hydrogen-bond acceptors (Lipinski definition) is 3. The highest BCUT2D eigenvalue weighted by Crippen LogP contribution is 2.26. The molecular weight excluding hydrogens is 268 g/mol. The van der Waals surface area contributed by atoms with Crippen molar-refractivity contribution in [1.82, 2.24) is 9.78 Å². The highest BCUT2D eigenvalue weighted by molar-refractivity contribution is 7.98. The van der Waals surface area contributed by atoms with E-state index in [1.54, 1.807) is 22.5 Å². The fourth-order valence-electron chi connectivity index (χ4n) is 1.47. The Bertz CT molecular complexity index is 579. The van der Waals surface area contributed by atoms with Crippen molar-refractivity contribution in [2.24, 2.45) is 12.8 Å². The van der Waals surface area contributed by atoms with Crippen LogP contribution in [0.1, 0.15) is 11.1 Å². The van der Waals surface area contributed by atoms with E-state index < -0.39 is 0 Å². The Balaban J connectivity index is 2.08. The summed E-state index contributed by atoms with van der Waals surface area (Å²) in [6.07, 6.45) is 3.78. The van der Waals surface area contributed by atoms with Crippen LogP contribution in [0.5, 0.6) is 0 Å². The molecule has 0 atom stereocenters. The Kier molecular flexibility index (Phi) is 3.93. The molecule has 0 aliphatic rings. The number of benzene rings is 1. The van der Waals surface area contributed by atoms with Gasteiger partial charge in [-0.3, -0.25) is 10.1 Å². The Morgan fingerprint density at radius 2 is 2.33 bits per heavy atom. The molecule has 18 heavy (non-hydrogen) atoms. The highest BCUT2D eigenvalue weighted by atomic mass is 35.5. The summed E-state index contributed by atoms with van der Waals surface area (Å²) in [5.74, 6) is 0.797. The molecule has 0 radical (unpaired) electrons. The summed E-state index contributed by atoms with van der Waals surface area (Å²) < 4.78 is 1.77. The zero-order valence-corrected chi connectivity index (χ0v) is 11.4. The standard InChI is InChI=1S/C12H13ClN4S/c1-17-6-10(5-16-17)18-7-9-3-2-8(12(14)15)4-11(9)13/h2-6H,7H2,1H3,(H3,14,15). The second-order valence-electron chi connectivity index (χ2n) is 3.86. The van der Waals surface area contributed by atoms with Gasteiger partial charge in [0.2, 0.25) is 0 Å². The predicted molar refractivity (Wildman–Crippen MR) is 75.2 cm³/mol. The van der Waals surface area contributed by atoms with Crippen molar-refractivity contribution in [2.45, 2.75) is 10.6 Å². The largest absolute Gasteiger partial charge is 0.384 e. The molecule has 4 nitrogen and oxygen atoms in total. The maximum Gasteiger partial charge on any atom is 0.122 e. The fourth-order valence-corrected chi connectivity index (χ4v) is 2.72. The van der Waals surface area contributed by atoms with E-state index >= 15 is 0 Å². The topological polar surface area (TPSA) is 67.7 Å². The molecule has 3 N–H and O–H groups in total. The minimum Gasteiger partial charge on any atom is -0.384 e. The quantitative estimate of drug-likeness (QED) is 0.514. The van der Waals surface area contributed by atoms with Gasteiger partial charge in [-0.2, -0.15) is 5.10 Å². The Morgan fingerprint density at radius 1 is 1.56 bits per heavy atom. The molecule has 0 unspecified atom stereocenters.